The monoisotopic (exact) mass is 220 g/mol. The first-order valence-electron chi connectivity index (χ1n) is 5.04. The summed E-state index contributed by atoms with van der Waals surface area (Å²) in [7, 11) is 0. The molecule has 1 atom stereocenters. The quantitative estimate of drug-likeness (QED) is 0.629. The zero-order valence-electron chi connectivity index (χ0n) is 8.84. The summed E-state index contributed by atoms with van der Waals surface area (Å²) in [5.41, 5.74) is 0. The van der Waals surface area contributed by atoms with Crippen LogP contribution >= 0.6 is 24.0 Å². The van der Waals surface area contributed by atoms with Crippen molar-refractivity contribution < 1.29 is 4.74 Å². The molecule has 0 spiro atoms. The van der Waals surface area contributed by atoms with E-state index in [0.717, 1.165) is 11.7 Å². The van der Waals surface area contributed by atoms with Crippen molar-refractivity contribution in [1.29, 1.82) is 0 Å². The third-order valence-electron chi connectivity index (χ3n) is 1.97. The van der Waals surface area contributed by atoms with E-state index in [1.54, 1.807) is 11.8 Å². The summed E-state index contributed by atoms with van der Waals surface area (Å²) >= 11 is 6.73. The summed E-state index contributed by atoms with van der Waals surface area (Å²) in [4.78, 5) is 0. The van der Waals surface area contributed by atoms with E-state index in [4.69, 9.17) is 17.0 Å². The molecule has 13 heavy (non-hydrogen) atoms. The first-order valence-corrected chi connectivity index (χ1v) is 6.43. The molecule has 0 fully saturated rings. The van der Waals surface area contributed by atoms with Gasteiger partial charge in [-0.05, 0) is 31.5 Å². The van der Waals surface area contributed by atoms with Crippen LogP contribution in [0.3, 0.4) is 0 Å². The van der Waals surface area contributed by atoms with Gasteiger partial charge in [-0.15, -0.1) is 0 Å². The Labute approximate surface area is 91.6 Å². The van der Waals surface area contributed by atoms with Crippen molar-refractivity contribution in [1.82, 2.24) is 0 Å². The summed E-state index contributed by atoms with van der Waals surface area (Å²) in [6, 6.07) is 0. The van der Waals surface area contributed by atoms with Crippen LogP contribution in [0.5, 0.6) is 0 Å². The molecule has 0 rings (SSSR count). The van der Waals surface area contributed by atoms with E-state index in [9.17, 15) is 0 Å². The van der Waals surface area contributed by atoms with E-state index in [2.05, 4.69) is 13.8 Å². The molecule has 3 heteroatoms. The zero-order valence-corrected chi connectivity index (χ0v) is 10.5. The molecule has 0 aromatic heterocycles. The lowest BCUT2D eigenvalue weighted by Crippen LogP contribution is -2.05. The van der Waals surface area contributed by atoms with Gasteiger partial charge in [0.15, 0.2) is 0 Å². The average molecular weight is 220 g/mol. The first-order chi connectivity index (χ1) is 6.24. The average Bonchev–Trinajstić information content (AvgIpc) is 2.12. The van der Waals surface area contributed by atoms with Crippen LogP contribution < -0.4 is 0 Å². The van der Waals surface area contributed by atoms with Crippen molar-refractivity contribution >= 4 is 28.4 Å². The molecule has 0 saturated carbocycles. The van der Waals surface area contributed by atoms with Gasteiger partial charge < -0.3 is 4.74 Å². The van der Waals surface area contributed by atoms with Gasteiger partial charge in [-0.25, -0.2) is 0 Å². The number of hydrogen-bond acceptors (Lipinski definition) is 3. The summed E-state index contributed by atoms with van der Waals surface area (Å²) in [5.74, 6) is 1.91. The normalized spacial score (nSPS) is 12.5. The van der Waals surface area contributed by atoms with Crippen LogP contribution in [-0.2, 0) is 4.74 Å². The van der Waals surface area contributed by atoms with Gasteiger partial charge in [0.1, 0.15) is 0 Å². The number of thiocarbonyl (C=S) groups is 1. The van der Waals surface area contributed by atoms with E-state index in [0.29, 0.717) is 11.0 Å². The SMILES string of the molecule is CCCC(CC)CSC(=S)OCC. The van der Waals surface area contributed by atoms with Crippen LogP contribution in [0.15, 0.2) is 0 Å². The Morgan fingerprint density at radius 3 is 2.54 bits per heavy atom. The summed E-state index contributed by atoms with van der Waals surface area (Å²) in [5, 5.41) is 0. The lowest BCUT2D eigenvalue weighted by atomic mass is 10.0. The van der Waals surface area contributed by atoms with Crippen LogP contribution in [0.25, 0.3) is 0 Å². The van der Waals surface area contributed by atoms with Gasteiger partial charge in [-0.1, -0.05) is 38.5 Å². The Kier molecular flexibility index (Phi) is 8.98. The molecule has 1 unspecified atom stereocenters. The van der Waals surface area contributed by atoms with Crippen LogP contribution in [0.1, 0.15) is 40.0 Å². The predicted octanol–water partition coefficient (Wildman–Crippen LogP) is 3.87. The van der Waals surface area contributed by atoms with Gasteiger partial charge in [0.2, 0.25) is 4.38 Å². The first kappa shape index (κ1) is 13.2. The largest absolute Gasteiger partial charge is 0.479 e. The van der Waals surface area contributed by atoms with Gasteiger partial charge in [0.25, 0.3) is 0 Å². The summed E-state index contributed by atoms with van der Waals surface area (Å²) in [6.45, 7) is 7.13. The highest BCUT2D eigenvalue weighted by atomic mass is 32.2. The Balaban J connectivity index is 3.52. The van der Waals surface area contributed by atoms with Crippen LogP contribution in [0.4, 0.5) is 0 Å². The van der Waals surface area contributed by atoms with Gasteiger partial charge in [-0.3, -0.25) is 0 Å². The highest BCUT2D eigenvalue weighted by Crippen LogP contribution is 2.18. The second kappa shape index (κ2) is 8.82. The van der Waals surface area contributed by atoms with Crippen molar-refractivity contribution in [3.8, 4) is 0 Å². The Bertz CT molecular complexity index is 137. The number of ether oxygens (including phenoxy) is 1. The highest BCUT2D eigenvalue weighted by molar-refractivity contribution is 8.22. The van der Waals surface area contributed by atoms with Gasteiger partial charge >= 0.3 is 0 Å². The lowest BCUT2D eigenvalue weighted by Gasteiger charge is -2.12. The maximum atomic E-state index is 5.21. The molecule has 0 heterocycles. The molecular formula is C10H20OS2. The van der Waals surface area contributed by atoms with E-state index in [1.807, 2.05) is 6.92 Å². The molecule has 0 radical (unpaired) electrons. The number of hydrogen-bond donors (Lipinski definition) is 0. The van der Waals surface area contributed by atoms with Crippen LogP contribution in [-0.4, -0.2) is 16.7 Å². The smallest absolute Gasteiger partial charge is 0.219 e. The summed E-state index contributed by atoms with van der Waals surface area (Å²) in [6.07, 6.45) is 3.81. The van der Waals surface area contributed by atoms with E-state index < -0.39 is 0 Å². The fourth-order valence-electron chi connectivity index (χ4n) is 1.16. The molecular weight excluding hydrogens is 200 g/mol. The Morgan fingerprint density at radius 1 is 1.38 bits per heavy atom. The predicted molar refractivity (Wildman–Crippen MR) is 65.4 cm³/mol. The van der Waals surface area contributed by atoms with Crippen molar-refractivity contribution in [2.45, 2.75) is 40.0 Å². The number of rotatable bonds is 6. The Hall–Kier alpha value is 0.240. The van der Waals surface area contributed by atoms with Gasteiger partial charge in [0, 0.05) is 5.75 Å². The minimum atomic E-state index is 0.691. The molecule has 78 valence electrons. The maximum absolute atomic E-state index is 5.21. The van der Waals surface area contributed by atoms with Crippen molar-refractivity contribution in [2.24, 2.45) is 5.92 Å². The molecule has 0 aliphatic heterocycles. The lowest BCUT2D eigenvalue weighted by molar-refractivity contribution is 0.346. The fourth-order valence-corrected chi connectivity index (χ4v) is 2.46. The van der Waals surface area contributed by atoms with E-state index >= 15 is 0 Å². The molecule has 0 saturated heterocycles. The molecule has 0 N–H and O–H groups in total. The topological polar surface area (TPSA) is 9.23 Å². The molecule has 0 aliphatic carbocycles. The van der Waals surface area contributed by atoms with Crippen LogP contribution in [0, 0.1) is 5.92 Å². The number of thioether (sulfide) groups is 1. The second-order valence-corrected chi connectivity index (χ2v) is 4.68. The van der Waals surface area contributed by atoms with E-state index in [-0.39, 0.29) is 0 Å². The van der Waals surface area contributed by atoms with E-state index in [1.165, 1.54) is 19.3 Å². The Morgan fingerprint density at radius 2 is 2.08 bits per heavy atom. The second-order valence-electron chi connectivity index (χ2n) is 3.06. The van der Waals surface area contributed by atoms with Crippen molar-refractivity contribution in [3.05, 3.63) is 0 Å². The molecule has 0 amide bonds. The highest BCUT2D eigenvalue weighted by Gasteiger charge is 2.07. The van der Waals surface area contributed by atoms with Crippen molar-refractivity contribution in [2.75, 3.05) is 12.4 Å². The molecule has 1 nitrogen and oxygen atoms in total. The minimum Gasteiger partial charge on any atom is -0.479 e. The fraction of sp³-hybridized carbons (Fsp3) is 0.900. The van der Waals surface area contributed by atoms with Gasteiger partial charge in [-0.2, -0.15) is 0 Å². The summed E-state index contributed by atoms with van der Waals surface area (Å²) < 4.78 is 5.91. The van der Waals surface area contributed by atoms with Gasteiger partial charge in [0.05, 0.1) is 6.61 Å². The molecule has 0 aliphatic rings. The van der Waals surface area contributed by atoms with Crippen molar-refractivity contribution in [3.63, 3.8) is 0 Å². The molecule has 0 aromatic carbocycles. The molecule has 0 bridgehead atoms. The third kappa shape index (κ3) is 7.32. The zero-order chi connectivity index (χ0) is 10.1. The maximum Gasteiger partial charge on any atom is 0.219 e. The standard InChI is InChI=1S/C10H20OS2/c1-4-7-9(5-2)8-13-10(12)11-6-3/h9H,4-8H2,1-3H3. The van der Waals surface area contributed by atoms with Crippen LogP contribution in [0.2, 0.25) is 0 Å². The molecule has 0 aromatic rings. The minimum absolute atomic E-state index is 0.691. The third-order valence-corrected chi connectivity index (χ3v) is 3.44.